The van der Waals surface area contributed by atoms with Crippen LogP contribution in [-0.4, -0.2) is 34.6 Å². The van der Waals surface area contributed by atoms with Gasteiger partial charge in [-0.25, -0.2) is 0 Å². The molecule has 0 amide bonds. The van der Waals surface area contributed by atoms with E-state index < -0.39 is 6.10 Å². The molecule has 3 heteroatoms. The first kappa shape index (κ1) is 23.3. The number of hydrogen-bond donors (Lipinski definition) is 2. The molecular weight excluding hydrogens is 360 g/mol. The molecule has 0 bridgehead atoms. The Morgan fingerprint density at radius 1 is 1.17 bits per heavy atom. The topological polar surface area (TPSA) is 49.7 Å². The van der Waals surface area contributed by atoms with Crippen molar-refractivity contribution in [2.24, 2.45) is 34.5 Å². The van der Waals surface area contributed by atoms with Crippen molar-refractivity contribution in [3.8, 4) is 0 Å². The first-order valence-electron chi connectivity index (χ1n) is 12.2. The van der Waals surface area contributed by atoms with Crippen LogP contribution in [0.4, 0.5) is 0 Å². The molecule has 2 N–H and O–H groups in total. The van der Waals surface area contributed by atoms with Crippen LogP contribution in [0.25, 0.3) is 0 Å². The van der Waals surface area contributed by atoms with E-state index in [-0.39, 0.29) is 29.1 Å². The smallest absolute Gasteiger partial charge is 0.0877 e. The van der Waals surface area contributed by atoms with Gasteiger partial charge in [0.25, 0.3) is 0 Å². The molecule has 3 fully saturated rings. The van der Waals surface area contributed by atoms with E-state index in [4.69, 9.17) is 4.74 Å². The molecule has 3 aliphatic rings. The van der Waals surface area contributed by atoms with Gasteiger partial charge in [0, 0.05) is 6.61 Å². The van der Waals surface area contributed by atoms with Gasteiger partial charge in [-0.15, -0.1) is 0 Å². The van der Waals surface area contributed by atoms with Crippen molar-refractivity contribution < 1.29 is 14.9 Å². The molecule has 3 saturated carbocycles. The van der Waals surface area contributed by atoms with Gasteiger partial charge in [-0.3, -0.25) is 0 Å². The van der Waals surface area contributed by atoms with Gasteiger partial charge in [0.15, 0.2) is 0 Å². The van der Waals surface area contributed by atoms with Crippen molar-refractivity contribution >= 4 is 0 Å². The molecule has 3 aliphatic carbocycles. The minimum absolute atomic E-state index is 0.108. The summed E-state index contributed by atoms with van der Waals surface area (Å²) in [7, 11) is 0. The summed E-state index contributed by atoms with van der Waals surface area (Å²) in [6.45, 7) is 15.9. The molecule has 4 unspecified atom stereocenters. The van der Waals surface area contributed by atoms with Crippen molar-refractivity contribution in [1.82, 2.24) is 0 Å². The summed E-state index contributed by atoms with van der Waals surface area (Å²) < 4.78 is 6.63. The summed E-state index contributed by atoms with van der Waals surface area (Å²) in [4.78, 5) is 0. The van der Waals surface area contributed by atoms with Crippen LogP contribution >= 0.6 is 0 Å². The molecule has 168 valence electrons. The van der Waals surface area contributed by atoms with Crippen LogP contribution in [-0.2, 0) is 4.74 Å². The molecule has 0 saturated heterocycles. The number of aliphatic hydroxyl groups is 2. The zero-order valence-corrected chi connectivity index (χ0v) is 20.0. The number of ether oxygens (including phenoxy) is 1. The van der Waals surface area contributed by atoms with Crippen LogP contribution in [0.3, 0.4) is 0 Å². The predicted octanol–water partition coefficient (Wildman–Crippen LogP) is 5.74. The van der Waals surface area contributed by atoms with E-state index >= 15 is 0 Å². The SMILES string of the molecule is C/C=C1/CCC2C3C(CC[C@]12C)[C@@](C)(CCCO)C(CC)[C@@H](OC(C)(C)C)[C@@H]3O. The maximum atomic E-state index is 11.8. The van der Waals surface area contributed by atoms with E-state index in [1.54, 1.807) is 5.57 Å². The number of hydrogen-bond acceptors (Lipinski definition) is 3. The van der Waals surface area contributed by atoms with E-state index in [9.17, 15) is 10.2 Å². The number of fused-ring (bicyclic) bond motifs is 3. The first-order valence-corrected chi connectivity index (χ1v) is 12.2. The standard InChI is InChI=1S/C26H46O3/c1-8-17-11-12-19-21-20(13-15-25(17,19)6)26(7,14-10-16-27)18(9-2)23(22(21)28)29-24(3,4)5/h8,18-23,27-28H,9-16H2,1-7H3/b17-8-/t18?,19?,20?,21?,22-,23-,25-,26+/m1/s1. The second-order valence-electron chi connectivity index (χ2n) is 11.6. The average molecular weight is 407 g/mol. The molecule has 0 spiro atoms. The van der Waals surface area contributed by atoms with E-state index in [1.807, 2.05) is 0 Å². The minimum atomic E-state index is -0.396. The fourth-order valence-electron chi connectivity index (χ4n) is 7.96. The van der Waals surface area contributed by atoms with Crippen LogP contribution in [0, 0.1) is 34.5 Å². The van der Waals surface area contributed by atoms with Crippen LogP contribution in [0.1, 0.15) is 93.4 Å². The van der Waals surface area contributed by atoms with Crippen molar-refractivity contribution in [2.75, 3.05) is 6.61 Å². The van der Waals surface area contributed by atoms with E-state index in [0.29, 0.717) is 23.7 Å². The number of allylic oxidation sites excluding steroid dienone is 2. The molecular formula is C26H46O3. The molecule has 8 atom stereocenters. The highest BCUT2D eigenvalue weighted by atomic mass is 16.5. The lowest BCUT2D eigenvalue weighted by atomic mass is 9.45. The highest BCUT2D eigenvalue weighted by molar-refractivity contribution is 5.24. The van der Waals surface area contributed by atoms with Gasteiger partial charge in [0.1, 0.15) is 0 Å². The Balaban J connectivity index is 2.05. The van der Waals surface area contributed by atoms with Gasteiger partial charge in [-0.05, 0) is 101 Å². The largest absolute Gasteiger partial charge is 0.396 e. The zero-order chi connectivity index (χ0) is 21.6. The van der Waals surface area contributed by atoms with Gasteiger partial charge in [0.05, 0.1) is 17.8 Å². The Morgan fingerprint density at radius 3 is 2.41 bits per heavy atom. The van der Waals surface area contributed by atoms with E-state index in [2.05, 4.69) is 54.5 Å². The highest BCUT2D eigenvalue weighted by Crippen LogP contribution is 2.66. The highest BCUT2D eigenvalue weighted by Gasteiger charge is 2.63. The van der Waals surface area contributed by atoms with Gasteiger partial charge in [-0.2, -0.15) is 0 Å². The van der Waals surface area contributed by atoms with Crippen LogP contribution in [0.15, 0.2) is 11.6 Å². The van der Waals surface area contributed by atoms with Gasteiger partial charge in [0.2, 0.25) is 0 Å². The number of aliphatic hydroxyl groups excluding tert-OH is 2. The third-order valence-corrected chi connectivity index (χ3v) is 9.15. The maximum Gasteiger partial charge on any atom is 0.0877 e. The molecule has 3 rings (SSSR count). The average Bonchev–Trinajstić information content (AvgIpc) is 2.99. The molecule has 0 aromatic rings. The summed E-state index contributed by atoms with van der Waals surface area (Å²) in [5.74, 6) is 1.68. The summed E-state index contributed by atoms with van der Waals surface area (Å²) in [6.07, 6.45) is 9.52. The summed E-state index contributed by atoms with van der Waals surface area (Å²) in [5, 5.41) is 21.5. The summed E-state index contributed by atoms with van der Waals surface area (Å²) in [5.41, 5.74) is 1.68. The van der Waals surface area contributed by atoms with Crippen LogP contribution < -0.4 is 0 Å². The summed E-state index contributed by atoms with van der Waals surface area (Å²) >= 11 is 0. The van der Waals surface area contributed by atoms with Crippen molar-refractivity contribution in [3.63, 3.8) is 0 Å². The molecule has 0 aliphatic heterocycles. The molecule has 0 aromatic carbocycles. The first-order chi connectivity index (χ1) is 13.5. The molecule has 29 heavy (non-hydrogen) atoms. The minimum Gasteiger partial charge on any atom is -0.396 e. The Labute approximate surface area is 179 Å². The lowest BCUT2D eigenvalue weighted by Crippen LogP contribution is -2.63. The molecule has 0 radical (unpaired) electrons. The Morgan fingerprint density at radius 2 is 1.86 bits per heavy atom. The van der Waals surface area contributed by atoms with Gasteiger partial charge < -0.3 is 14.9 Å². The number of rotatable bonds is 5. The molecule has 3 nitrogen and oxygen atoms in total. The van der Waals surface area contributed by atoms with Crippen molar-refractivity contribution in [1.29, 1.82) is 0 Å². The second kappa shape index (κ2) is 8.28. The fraction of sp³-hybridized carbons (Fsp3) is 0.923. The van der Waals surface area contributed by atoms with Crippen molar-refractivity contribution in [2.45, 2.75) is 111 Å². The molecule has 0 aromatic heterocycles. The Bertz CT molecular complexity index is 606. The second-order valence-corrected chi connectivity index (χ2v) is 11.6. The van der Waals surface area contributed by atoms with E-state index in [1.165, 1.54) is 25.7 Å². The quantitative estimate of drug-likeness (QED) is 0.573. The molecule has 0 heterocycles. The lowest BCUT2D eigenvalue weighted by molar-refractivity contribution is -0.240. The van der Waals surface area contributed by atoms with Crippen molar-refractivity contribution in [3.05, 3.63) is 11.6 Å². The van der Waals surface area contributed by atoms with Crippen LogP contribution in [0.2, 0.25) is 0 Å². The Hall–Kier alpha value is -0.380. The predicted molar refractivity (Wildman–Crippen MR) is 120 cm³/mol. The maximum absolute atomic E-state index is 11.8. The van der Waals surface area contributed by atoms with Gasteiger partial charge in [-0.1, -0.05) is 38.8 Å². The monoisotopic (exact) mass is 406 g/mol. The third-order valence-electron chi connectivity index (χ3n) is 9.15. The van der Waals surface area contributed by atoms with E-state index in [0.717, 1.165) is 19.3 Å². The normalized spacial score (nSPS) is 46.6. The van der Waals surface area contributed by atoms with Gasteiger partial charge >= 0.3 is 0 Å². The lowest BCUT2D eigenvalue weighted by Gasteiger charge is -2.62. The summed E-state index contributed by atoms with van der Waals surface area (Å²) in [6, 6.07) is 0. The van der Waals surface area contributed by atoms with Crippen LogP contribution in [0.5, 0.6) is 0 Å². The third kappa shape index (κ3) is 3.85. The fourth-order valence-corrected chi connectivity index (χ4v) is 7.96. The Kier molecular flexibility index (Phi) is 6.65. The zero-order valence-electron chi connectivity index (χ0n) is 20.0.